The normalized spacial score (nSPS) is 22.9. The Hall–Kier alpha value is -3.45. The fourth-order valence-electron chi connectivity index (χ4n) is 4.40. The van der Waals surface area contributed by atoms with Crippen molar-refractivity contribution in [1.82, 2.24) is 10.3 Å². The van der Waals surface area contributed by atoms with Gasteiger partial charge in [0.2, 0.25) is 0 Å². The first-order valence-corrected chi connectivity index (χ1v) is 9.54. The molecule has 1 aliphatic rings. The van der Waals surface area contributed by atoms with Crippen molar-refractivity contribution in [2.24, 2.45) is 0 Å². The number of carbonyl (C=O) groups is 1. The Bertz CT molecular complexity index is 1110. The third-order valence-electron chi connectivity index (χ3n) is 5.46. The highest BCUT2D eigenvalue weighted by atomic mass is 19.1. The van der Waals surface area contributed by atoms with Gasteiger partial charge >= 0.3 is 6.09 Å². The molecule has 6 nitrogen and oxygen atoms in total. The molecule has 1 aromatic heterocycles. The van der Waals surface area contributed by atoms with Gasteiger partial charge in [0.25, 0.3) is 0 Å². The summed E-state index contributed by atoms with van der Waals surface area (Å²) >= 11 is 0. The van der Waals surface area contributed by atoms with E-state index in [4.69, 9.17) is 5.73 Å². The molecule has 0 spiro atoms. The average molecular weight is 407 g/mol. The third kappa shape index (κ3) is 3.59. The molecule has 0 aliphatic heterocycles. The maximum Gasteiger partial charge on any atom is 0.405 e. The van der Waals surface area contributed by atoms with Crippen molar-refractivity contribution < 1.29 is 19.4 Å². The molecule has 1 heterocycles. The molecule has 0 bridgehead atoms. The Morgan fingerprint density at radius 2 is 1.83 bits per heavy atom. The minimum Gasteiger partial charge on any atom is -0.465 e. The van der Waals surface area contributed by atoms with Gasteiger partial charge in [-0.25, -0.2) is 9.18 Å². The van der Waals surface area contributed by atoms with Crippen LogP contribution in [-0.2, 0) is 5.54 Å². The third-order valence-corrected chi connectivity index (χ3v) is 5.46. The van der Waals surface area contributed by atoms with Gasteiger partial charge in [0, 0.05) is 29.5 Å². The predicted molar refractivity (Wildman–Crippen MR) is 112 cm³/mol. The summed E-state index contributed by atoms with van der Waals surface area (Å²) in [6.07, 6.45) is 0.445. The van der Waals surface area contributed by atoms with Crippen molar-refractivity contribution >= 4 is 11.8 Å². The lowest BCUT2D eigenvalue weighted by Crippen LogP contribution is -2.62. The van der Waals surface area contributed by atoms with Crippen LogP contribution in [0.1, 0.15) is 25.3 Å². The molecule has 2 aromatic carbocycles. The lowest BCUT2D eigenvalue weighted by molar-refractivity contribution is -0.0869. The lowest BCUT2D eigenvalue weighted by Gasteiger charge is -2.51. The summed E-state index contributed by atoms with van der Waals surface area (Å²) in [5.41, 5.74) is 7.21. The van der Waals surface area contributed by atoms with Crippen molar-refractivity contribution in [3.63, 3.8) is 0 Å². The number of nitrogen functional groups attached to an aromatic ring is 1. The van der Waals surface area contributed by atoms with Crippen LogP contribution < -0.4 is 11.1 Å². The first-order valence-electron chi connectivity index (χ1n) is 9.54. The van der Waals surface area contributed by atoms with E-state index >= 15 is 4.39 Å². The maximum atomic E-state index is 15.2. The quantitative estimate of drug-likeness (QED) is 0.520. The molecule has 0 radical (unpaired) electrons. The van der Waals surface area contributed by atoms with Crippen LogP contribution in [0.25, 0.3) is 22.4 Å². The topological polar surface area (TPSA) is 108 Å². The van der Waals surface area contributed by atoms with Gasteiger partial charge in [-0.15, -0.1) is 0 Å². The van der Waals surface area contributed by atoms with Crippen LogP contribution in [0.3, 0.4) is 0 Å². The number of benzene rings is 2. The lowest BCUT2D eigenvalue weighted by atomic mass is 9.62. The molecule has 0 saturated heterocycles. The molecule has 1 amide bonds. The SMILES string of the molecule is C[C@]1(O)C[C@](NC(=O)O)(c2ccc(-c3ncc(N)cc3-c3ccccc3)cc2F)C1. The Labute approximate surface area is 173 Å². The molecule has 5 N–H and O–H groups in total. The largest absolute Gasteiger partial charge is 0.465 e. The number of nitrogens with one attached hydrogen (secondary N) is 1. The molecule has 4 rings (SSSR count). The predicted octanol–water partition coefficient (Wildman–Crippen LogP) is 4.14. The molecule has 1 fully saturated rings. The second kappa shape index (κ2) is 7.11. The van der Waals surface area contributed by atoms with E-state index < -0.39 is 23.1 Å². The van der Waals surface area contributed by atoms with E-state index in [-0.39, 0.29) is 18.4 Å². The minimum atomic E-state index is -1.26. The van der Waals surface area contributed by atoms with Gasteiger partial charge in [-0.2, -0.15) is 0 Å². The summed E-state index contributed by atoms with van der Waals surface area (Å²) in [7, 11) is 0. The fourth-order valence-corrected chi connectivity index (χ4v) is 4.40. The van der Waals surface area contributed by atoms with Gasteiger partial charge in [-0.3, -0.25) is 4.98 Å². The number of aromatic nitrogens is 1. The van der Waals surface area contributed by atoms with E-state index in [9.17, 15) is 15.0 Å². The van der Waals surface area contributed by atoms with Gasteiger partial charge in [-0.1, -0.05) is 42.5 Å². The van der Waals surface area contributed by atoms with E-state index in [1.165, 1.54) is 12.3 Å². The molecule has 1 aliphatic carbocycles. The van der Waals surface area contributed by atoms with Crippen molar-refractivity contribution in [3.8, 4) is 22.4 Å². The van der Waals surface area contributed by atoms with E-state index in [2.05, 4.69) is 10.3 Å². The molecular weight excluding hydrogens is 385 g/mol. The van der Waals surface area contributed by atoms with Crippen LogP contribution in [0.5, 0.6) is 0 Å². The highest BCUT2D eigenvalue weighted by Crippen LogP contribution is 2.49. The van der Waals surface area contributed by atoms with Crippen LogP contribution in [0, 0.1) is 5.82 Å². The number of aliphatic hydroxyl groups is 1. The zero-order valence-electron chi connectivity index (χ0n) is 16.4. The first kappa shape index (κ1) is 19.8. The summed E-state index contributed by atoms with van der Waals surface area (Å²) in [6.45, 7) is 1.60. The van der Waals surface area contributed by atoms with Crippen LogP contribution in [0.15, 0.2) is 60.8 Å². The average Bonchev–Trinajstić information content (AvgIpc) is 2.66. The first-order chi connectivity index (χ1) is 14.2. The molecule has 7 heteroatoms. The standard InChI is InChI=1S/C23H22FN3O3/c1-22(30)12-23(13-22,27-21(28)29)18-8-7-15(9-19(18)24)20-17(10-16(25)11-26-20)14-5-3-2-4-6-14/h2-11,27,30H,12-13,25H2,1H3,(H,28,29)/t22-,23+. The fraction of sp³-hybridized carbons (Fsp3) is 0.217. The number of pyridine rings is 1. The van der Waals surface area contributed by atoms with Gasteiger partial charge in [0.15, 0.2) is 0 Å². The van der Waals surface area contributed by atoms with Crippen molar-refractivity contribution in [1.29, 1.82) is 0 Å². The van der Waals surface area contributed by atoms with E-state index in [1.807, 2.05) is 30.3 Å². The molecule has 0 unspecified atom stereocenters. The number of amides is 1. The molecule has 1 saturated carbocycles. The van der Waals surface area contributed by atoms with E-state index in [1.54, 1.807) is 25.1 Å². The number of halogens is 1. The molecule has 154 valence electrons. The molecule has 3 aromatic rings. The number of carboxylic acid groups (broad SMARTS) is 1. The van der Waals surface area contributed by atoms with Crippen LogP contribution >= 0.6 is 0 Å². The van der Waals surface area contributed by atoms with Gasteiger partial charge in [0.05, 0.1) is 28.7 Å². The molecular formula is C23H22FN3O3. The van der Waals surface area contributed by atoms with Gasteiger partial charge in [0.1, 0.15) is 5.82 Å². The number of hydrogen-bond acceptors (Lipinski definition) is 4. The molecule has 30 heavy (non-hydrogen) atoms. The second-order valence-electron chi connectivity index (χ2n) is 8.09. The summed E-state index contributed by atoms with van der Waals surface area (Å²) in [6, 6.07) is 16.0. The highest BCUT2D eigenvalue weighted by Gasteiger charge is 2.54. The minimum absolute atomic E-state index is 0.0952. The second-order valence-corrected chi connectivity index (χ2v) is 8.09. The summed E-state index contributed by atoms with van der Waals surface area (Å²) in [4.78, 5) is 15.7. The monoisotopic (exact) mass is 407 g/mol. The Morgan fingerprint density at radius 3 is 2.43 bits per heavy atom. The van der Waals surface area contributed by atoms with Crippen LogP contribution in [0.4, 0.5) is 14.9 Å². The van der Waals surface area contributed by atoms with Crippen molar-refractivity contribution in [2.75, 3.05) is 5.73 Å². The van der Waals surface area contributed by atoms with E-state index in [0.717, 1.165) is 11.1 Å². The number of rotatable bonds is 4. The number of nitrogens with two attached hydrogens (primary N) is 1. The Balaban J connectivity index is 1.77. The van der Waals surface area contributed by atoms with E-state index in [0.29, 0.717) is 16.9 Å². The smallest absolute Gasteiger partial charge is 0.405 e. The zero-order chi connectivity index (χ0) is 21.5. The van der Waals surface area contributed by atoms with Crippen LogP contribution in [0.2, 0.25) is 0 Å². The summed E-state index contributed by atoms with van der Waals surface area (Å²) < 4.78 is 15.2. The number of anilines is 1. The number of hydrogen-bond donors (Lipinski definition) is 4. The van der Waals surface area contributed by atoms with Crippen molar-refractivity contribution in [2.45, 2.75) is 30.9 Å². The van der Waals surface area contributed by atoms with Gasteiger partial charge < -0.3 is 21.3 Å². The summed E-state index contributed by atoms with van der Waals surface area (Å²) in [5.74, 6) is -0.561. The zero-order valence-corrected chi connectivity index (χ0v) is 16.4. The van der Waals surface area contributed by atoms with Crippen molar-refractivity contribution in [3.05, 3.63) is 72.2 Å². The van der Waals surface area contributed by atoms with Crippen LogP contribution in [-0.4, -0.2) is 26.9 Å². The maximum absolute atomic E-state index is 15.2. The van der Waals surface area contributed by atoms with Gasteiger partial charge in [-0.05, 0) is 24.6 Å². The summed E-state index contributed by atoms with van der Waals surface area (Å²) in [5, 5.41) is 21.8. The highest BCUT2D eigenvalue weighted by molar-refractivity contribution is 5.82. The number of nitrogens with zero attached hydrogens (tertiary/aromatic N) is 1. The molecule has 0 atom stereocenters. The Kier molecular flexibility index (Phi) is 4.70. The Morgan fingerprint density at radius 1 is 1.13 bits per heavy atom.